The monoisotopic (exact) mass is 409 g/mol. The fourth-order valence-electron chi connectivity index (χ4n) is 4.98. The summed E-state index contributed by atoms with van der Waals surface area (Å²) >= 11 is 0. The van der Waals surface area contributed by atoms with Gasteiger partial charge in [-0.25, -0.2) is 0 Å². The highest BCUT2D eigenvalue weighted by atomic mass is 16.5. The first-order chi connectivity index (χ1) is 14.6. The molecule has 2 aliphatic rings. The maximum atomic E-state index is 13.2. The number of amides is 2. The molecule has 1 saturated heterocycles. The lowest BCUT2D eigenvalue weighted by molar-refractivity contribution is -0.144. The Bertz CT molecular complexity index is 873. The first kappa shape index (κ1) is 20.6. The number of hydrogen-bond donors (Lipinski definition) is 1. The third kappa shape index (κ3) is 4.27. The summed E-state index contributed by atoms with van der Waals surface area (Å²) < 4.78 is 5.64. The first-order valence-electron chi connectivity index (χ1n) is 11.2. The number of aromatic nitrogens is 1. The third-order valence-electron chi connectivity index (χ3n) is 6.55. The van der Waals surface area contributed by atoms with E-state index in [0.29, 0.717) is 25.3 Å². The maximum Gasteiger partial charge on any atom is 0.228 e. The average Bonchev–Trinajstić information content (AvgIpc) is 3.47. The quantitative estimate of drug-likeness (QED) is 0.787. The van der Waals surface area contributed by atoms with E-state index in [2.05, 4.69) is 10.5 Å². The molecule has 1 N–H and O–H groups in total. The number of piperidine rings is 1. The van der Waals surface area contributed by atoms with Gasteiger partial charge >= 0.3 is 0 Å². The molecule has 6 heteroatoms. The SMILES string of the molecule is CCNC(=O)C1(Cc2cc(-c3ccccc3)no2)CCCN(C(=O)C2CCCC2)C1. The minimum atomic E-state index is -0.671. The van der Waals surface area contributed by atoms with E-state index < -0.39 is 5.41 Å². The van der Waals surface area contributed by atoms with Crippen LogP contribution in [0.4, 0.5) is 0 Å². The van der Waals surface area contributed by atoms with Crippen LogP contribution in [0.5, 0.6) is 0 Å². The summed E-state index contributed by atoms with van der Waals surface area (Å²) in [6.45, 7) is 3.69. The number of nitrogens with one attached hydrogen (secondary N) is 1. The molecule has 2 heterocycles. The predicted octanol–water partition coefficient (Wildman–Crippen LogP) is 3.82. The van der Waals surface area contributed by atoms with Crippen LogP contribution in [0.15, 0.2) is 40.9 Å². The van der Waals surface area contributed by atoms with E-state index in [9.17, 15) is 9.59 Å². The number of hydrogen-bond acceptors (Lipinski definition) is 4. The Balaban J connectivity index is 1.56. The maximum absolute atomic E-state index is 13.2. The van der Waals surface area contributed by atoms with Crippen molar-refractivity contribution in [2.75, 3.05) is 19.6 Å². The Hall–Kier alpha value is -2.63. The van der Waals surface area contributed by atoms with Crippen molar-refractivity contribution in [1.29, 1.82) is 0 Å². The Labute approximate surface area is 178 Å². The van der Waals surface area contributed by atoms with Gasteiger partial charge in [-0.15, -0.1) is 0 Å². The van der Waals surface area contributed by atoms with Gasteiger partial charge in [0.25, 0.3) is 0 Å². The second-order valence-corrected chi connectivity index (χ2v) is 8.71. The molecule has 0 radical (unpaired) electrons. The molecule has 1 atom stereocenters. The Morgan fingerprint density at radius 3 is 2.70 bits per heavy atom. The summed E-state index contributed by atoms with van der Waals surface area (Å²) in [5, 5.41) is 7.22. The summed E-state index contributed by atoms with van der Waals surface area (Å²) in [5.74, 6) is 1.05. The standard InChI is InChI=1S/C24H31N3O3/c1-2-25-23(29)24(13-8-14-27(17-24)22(28)19-11-6-7-12-19)16-20-15-21(26-30-20)18-9-4-3-5-10-18/h3-5,9-10,15,19H,2,6-8,11-14,16-17H2,1H3,(H,25,29). The van der Waals surface area contributed by atoms with Crippen LogP contribution in [0.2, 0.25) is 0 Å². The normalized spacial score (nSPS) is 22.2. The van der Waals surface area contributed by atoms with Crippen molar-refractivity contribution in [1.82, 2.24) is 15.4 Å². The van der Waals surface area contributed by atoms with Crippen molar-refractivity contribution in [3.05, 3.63) is 42.2 Å². The Kier molecular flexibility index (Phi) is 6.21. The van der Waals surface area contributed by atoms with E-state index in [-0.39, 0.29) is 17.7 Å². The zero-order chi connectivity index (χ0) is 21.0. The van der Waals surface area contributed by atoms with Crippen molar-refractivity contribution in [3.8, 4) is 11.3 Å². The molecule has 1 aliphatic carbocycles. The van der Waals surface area contributed by atoms with E-state index in [1.165, 1.54) is 0 Å². The van der Waals surface area contributed by atoms with Crippen LogP contribution in [0, 0.1) is 11.3 Å². The molecule has 0 bridgehead atoms. The van der Waals surface area contributed by atoms with Crippen LogP contribution in [0.3, 0.4) is 0 Å². The lowest BCUT2D eigenvalue weighted by Gasteiger charge is -2.42. The van der Waals surface area contributed by atoms with Gasteiger partial charge in [-0.3, -0.25) is 9.59 Å². The smallest absolute Gasteiger partial charge is 0.228 e. The summed E-state index contributed by atoms with van der Waals surface area (Å²) in [7, 11) is 0. The molecule has 2 aromatic rings. The van der Waals surface area contributed by atoms with Crippen molar-refractivity contribution in [2.24, 2.45) is 11.3 Å². The molecule has 1 aromatic carbocycles. The molecule has 6 nitrogen and oxygen atoms in total. The van der Waals surface area contributed by atoms with Gasteiger partial charge in [0.1, 0.15) is 11.5 Å². The lowest BCUT2D eigenvalue weighted by Crippen LogP contribution is -2.55. The van der Waals surface area contributed by atoms with E-state index in [4.69, 9.17) is 4.52 Å². The van der Waals surface area contributed by atoms with Crippen molar-refractivity contribution in [2.45, 2.75) is 51.9 Å². The van der Waals surface area contributed by atoms with Gasteiger partial charge in [0.15, 0.2) is 0 Å². The molecule has 0 spiro atoms. The fourth-order valence-corrected chi connectivity index (χ4v) is 4.98. The van der Waals surface area contributed by atoms with Crippen LogP contribution >= 0.6 is 0 Å². The van der Waals surface area contributed by atoms with Crippen LogP contribution < -0.4 is 5.32 Å². The zero-order valence-electron chi connectivity index (χ0n) is 17.7. The number of nitrogens with zero attached hydrogens (tertiary/aromatic N) is 2. The zero-order valence-corrected chi connectivity index (χ0v) is 17.7. The molecular formula is C24H31N3O3. The van der Waals surface area contributed by atoms with E-state index >= 15 is 0 Å². The molecule has 1 aromatic heterocycles. The van der Waals surface area contributed by atoms with Crippen LogP contribution in [-0.2, 0) is 16.0 Å². The molecule has 30 heavy (non-hydrogen) atoms. The van der Waals surface area contributed by atoms with Crippen LogP contribution in [0.25, 0.3) is 11.3 Å². The molecule has 1 unspecified atom stereocenters. The summed E-state index contributed by atoms with van der Waals surface area (Å²) in [5.41, 5.74) is 1.09. The van der Waals surface area contributed by atoms with Crippen molar-refractivity contribution < 1.29 is 14.1 Å². The predicted molar refractivity (Wildman–Crippen MR) is 115 cm³/mol. The number of carbonyl (C=O) groups excluding carboxylic acids is 2. The second kappa shape index (κ2) is 9.02. The van der Waals surface area contributed by atoms with Gasteiger partial charge in [0.2, 0.25) is 11.8 Å². The lowest BCUT2D eigenvalue weighted by atomic mass is 9.75. The largest absolute Gasteiger partial charge is 0.361 e. The van der Waals surface area contributed by atoms with Gasteiger partial charge < -0.3 is 14.7 Å². The van der Waals surface area contributed by atoms with Gasteiger partial charge in [-0.05, 0) is 32.6 Å². The Morgan fingerprint density at radius 1 is 1.20 bits per heavy atom. The van der Waals surface area contributed by atoms with Gasteiger partial charge in [0, 0.05) is 43.6 Å². The number of carbonyl (C=O) groups is 2. The molecule has 160 valence electrons. The van der Waals surface area contributed by atoms with Gasteiger partial charge in [-0.1, -0.05) is 48.3 Å². The number of rotatable bonds is 6. The van der Waals surface area contributed by atoms with E-state index in [1.807, 2.05) is 48.2 Å². The number of likely N-dealkylation sites (tertiary alicyclic amines) is 1. The Morgan fingerprint density at radius 2 is 1.97 bits per heavy atom. The molecule has 4 rings (SSSR count). The average molecular weight is 410 g/mol. The molecular weight excluding hydrogens is 378 g/mol. The van der Waals surface area contributed by atoms with E-state index in [0.717, 1.165) is 56.3 Å². The van der Waals surface area contributed by atoms with Gasteiger partial charge in [0.05, 0.1) is 5.41 Å². The highest BCUT2D eigenvalue weighted by molar-refractivity contribution is 5.85. The van der Waals surface area contributed by atoms with E-state index in [1.54, 1.807) is 0 Å². The van der Waals surface area contributed by atoms with Crippen molar-refractivity contribution >= 4 is 11.8 Å². The molecule has 1 aliphatic heterocycles. The minimum absolute atomic E-state index is 0.00610. The van der Waals surface area contributed by atoms with Crippen LogP contribution in [-0.4, -0.2) is 41.5 Å². The topological polar surface area (TPSA) is 75.4 Å². The second-order valence-electron chi connectivity index (χ2n) is 8.71. The van der Waals surface area contributed by atoms with Crippen molar-refractivity contribution in [3.63, 3.8) is 0 Å². The van der Waals surface area contributed by atoms with Crippen LogP contribution in [0.1, 0.15) is 51.2 Å². The van der Waals surface area contributed by atoms with Gasteiger partial charge in [-0.2, -0.15) is 0 Å². The summed E-state index contributed by atoms with van der Waals surface area (Å²) in [4.78, 5) is 28.2. The fraction of sp³-hybridized carbons (Fsp3) is 0.542. The summed E-state index contributed by atoms with van der Waals surface area (Å²) in [6.07, 6.45) is 6.24. The third-order valence-corrected chi connectivity index (χ3v) is 6.55. The first-order valence-corrected chi connectivity index (χ1v) is 11.2. The minimum Gasteiger partial charge on any atom is -0.361 e. The highest BCUT2D eigenvalue weighted by Crippen LogP contribution is 2.37. The molecule has 2 fully saturated rings. The highest BCUT2D eigenvalue weighted by Gasteiger charge is 2.45. The number of benzene rings is 1. The molecule has 1 saturated carbocycles. The summed E-state index contributed by atoms with van der Waals surface area (Å²) in [6, 6.07) is 11.8. The molecule has 2 amide bonds.